The molecule has 0 spiro atoms. The van der Waals surface area contributed by atoms with E-state index in [9.17, 15) is 4.79 Å². The van der Waals surface area contributed by atoms with Crippen LogP contribution in [0.3, 0.4) is 0 Å². The van der Waals surface area contributed by atoms with Crippen LogP contribution in [0.2, 0.25) is 0 Å². The van der Waals surface area contributed by atoms with E-state index in [-0.39, 0.29) is 18.2 Å². The van der Waals surface area contributed by atoms with Crippen LogP contribution in [0.5, 0.6) is 0 Å². The number of hydrogen-bond donors (Lipinski definition) is 3. The maximum Gasteiger partial charge on any atom is 0.240 e. The molecular formula is C13H18N4O. The number of carbonyl (C=O) groups excluding carboxylic acids is 1. The predicted octanol–water partition coefficient (Wildman–Crippen LogP) is -0.0592. The van der Waals surface area contributed by atoms with E-state index in [1.165, 1.54) is 11.1 Å². The molecule has 5 nitrogen and oxygen atoms in total. The van der Waals surface area contributed by atoms with Crippen LogP contribution in [0.4, 0.5) is 0 Å². The van der Waals surface area contributed by atoms with Crippen LogP contribution < -0.4 is 16.2 Å². The van der Waals surface area contributed by atoms with Gasteiger partial charge in [0, 0.05) is 13.1 Å². The first kappa shape index (κ1) is 11.6. The lowest BCUT2D eigenvalue weighted by atomic mass is 10.00. The number of nitrogens with zero attached hydrogens (tertiary/aromatic N) is 1. The molecule has 2 aliphatic rings. The molecule has 2 heterocycles. The van der Waals surface area contributed by atoms with Crippen LogP contribution in [0.25, 0.3) is 0 Å². The molecule has 18 heavy (non-hydrogen) atoms. The zero-order valence-electron chi connectivity index (χ0n) is 10.4. The first-order chi connectivity index (χ1) is 8.74. The van der Waals surface area contributed by atoms with Gasteiger partial charge in [0.25, 0.3) is 0 Å². The summed E-state index contributed by atoms with van der Waals surface area (Å²) >= 11 is 0. The van der Waals surface area contributed by atoms with Crippen molar-refractivity contribution in [2.24, 2.45) is 0 Å². The molecule has 1 aromatic rings. The van der Waals surface area contributed by atoms with E-state index in [1.54, 1.807) is 0 Å². The molecule has 3 rings (SSSR count). The van der Waals surface area contributed by atoms with Gasteiger partial charge in [-0.15, -0.1) is 0 Å². The van der Waals surface area contributed by atoms with Gasteiger partial charge in [-0.05, 0) is 24.5 Å². The van der Waals surface area contributed by atoms with Gasteiger partial charge in [0.15, 0.2) is 0 Å². The maximum atomic E-state index is 11.7. The van der Waals surface area contributed by atoms with Crippen molar-refractivity contribution in [2.75, 3.05) is 6.54 Å². The Morgan fingerprint density at radius 2 is 2.00 bits per heavy atom. The third-order valence-corrected chi connectivity index (χ3v) is 3.63. The highest BCUT2D eigenvalue weighted by Gasteiger charge is 2.29. The average molecular weight is 246 g/mol. The van der Waals surface area contributed by atoms with Crippen molar-refractivity contribution in [3.63, 3.8) is 0 Å². The van der Waals surface area contributed by atoms with Gasteiger partial charge in [0.2, 0.25) is 5.91 Å². The van der Waals surface area contributed by atoms with E-state index in [0.717, 1.165) is 19.5 Å². The maximum absolute atomic E-state index is 11.7. The molecule has 96 valence electrons. The predicted molar refractivity (Wildman–Crippen MR) is 68.2 cm³/mol. The number of hydrogen-bond acceptors (Lipinski definition) is 4. The SMILES string of the molecule is CC1NNC(N2CCc3ccccc3C2)NC1=O. The minimum Gasteiger partial charge on any atom is -0.326 e. The van der Waals surface area contributed by atoms with Crippen LogP contribution in [0.15, 0.2) is 24.3 Å². The third kappa shape index (κ3) is 2.12. The summed E-state index contributed by atoms with van der Waals surface area (Å²) in [6, 6.07) is 8.30. The van der Waals surface area contributed by atoms with Crippen molar-refractivity contribution >= 4 is 5.91 Å². The number of amides is 1. The molecule has 1 fully saturated rings. The van der Waals surface area contributed by atoms with Crippen molar-refractivity contribution in [3.05, 3.63) is 35.4 Å². The summed E-state index contributed by atoms with van der Waals surface area (Å²) in [5, 5.41) is 2.98. The molecule has 0 saturated carbocycles. The van der Waals surface area contributed by atoms with E-state index in [0.29, 0.717) is 0 Å². The average Bonchev–Trinajstić information content (AvgIpc) is 2.41. The Morgan fingerprint density at radius 3 is 2.78 bits per heavy atom. The second-order valence-electron chi connectivity index (χ2n) is 4.91. The van der Waals surface area contributed by atoms with Gasteiger partial charge in [0.1, 0.15) is 6.29 Å². The van der Waals surface area contributed by atoms with E-state index in [2.05, 4.69) is 45.3 Å². The molecule has 2 atom stereocenters. The van der Waals surface area contributed by atoms with Crippen molar-refractivity contribution < 1.29 is 4.79 Å². The topological polar surface area (TPSA) is 56.4 Å². The Kier molecular flexibility index (Phi) is 3.03. The zero-order valence-corrected chi connectivity index (χ0v) is 10.4. The Hall–Kier alpha value is -1.43. The number of nitrogens with one attached hydrogen (secondary N) is 3. The fourth-order valence-corrected chi connectivity index (χ4v) is 2.49. The van der Waals surface area contributed by atoms with Crippen molar-refractivity contribution in [1.82, 2.24) is 21.1 Å². The van der Waals surface area contributed by atoms with Crippen LogP contribution >= 0.6 is 0 Å². The lowest BCUT2D eigenvalue weighted by Crippen LogP contribution is -2.69. The molecule has 5 heteroatoms. The molecule has 1 saturated heterocycles. The minimum atomic E-state index is -0.182. The smallest absolute Gasteiger partial charge is 0.240 e. The molecule has 0 bridgehead atoms. The Morgan fingerprint density at radius 1 is 1.22 bits per heavy atom. The summed E-state index contributed by atoms with van der Waals surface area (Å²) in [5.41, 5.74) is 8.90. The third-order valence-electron chi connectivity index (χ3n) is 3.63. The Balaban J connectivity index is 1.71. The standard InChI is InChI=1S/C13H18N4O/c1-9-12(18)14-13(16-15-9)17-7-6-10-4-2-3-5-11(10)8-17/h2-5,9,13,15-16H,6-8H2,1H3,(H,14,18). The van der Waals surface area contributed by atoms with E-state index in [4.69, 9.17) is 0 Å². The number of rotatable bonds is 1. The van der Waals surface area contributed by atoms with Crippen LogP contribution in [0, 0.1) is 0 Å². The van der Waals surface area contributed by atoms with Gasteiger partial charge in [-0.1, -0.05) is 24.3 Å². The molecule has 0 radical (unpaired) electrons. The molecule has 2 aliphatic heterocycles. The van der Waals surface area contributed by atoms with E-state index >= 15 is 0 Å². The molecular weight excluding hydrogens is 228 g/mol. The fourth-order valence-electron chi connectivity index (χ4n) is 2.49. The van der Waals surface area contributed by atoms with Crippen LogP contribution in [0.1, 0.15) is 18.1 Å². The highest BCUT2D eigenvalue weighted by atomic mass is 16.2. The summed E-state index contributed by atoms with van der Waals surface area (Å²) in [4.78, 5) is 13.9. The fraction of sp³-hybridized carbons (Fsp3) is 0.462. The van der Waals surface area contributed by atoms with Gasteiger partial charge < -0.3 is 5.32 Å². The van der Waals surface area contributed by atoms with E-state index < -0.39 is 0 Å². The summed E-state index contributed by atoms with van der Waals surface area (Å²) in [6.07, 6.45) is 0.904. The number of fused-ring (bicyclic) bond motifs is 1. The molecule has 0 aliphatic carbocycles. The van der Waals surface area contributed by atoms with Crippen molar-refractivity contribution in [1.29, 1.82) is 0 Å². The van der Waals surface area contributed by atoms with Gasteiger partial charge >= 0.3 is 0 Å². The second-order valence-corrected chi connectivity index (χ2v) is 4.91. The monoisotopic (exact) mass is 246 g/mol. The van der Waals surface area contributed by atoms with Gasteiger partial charge in [0.05, 0.1) is 6.04 Å². The summed E-state index contributed by atoms with van der Waals surface area (Å²) in [6.45, 7) is 3.65. The first-order valence-electron chi connectivity index (χ1n) is 6.36. The normalized spacial score (nSPS) is 28.6. The largest absolute Gasteiger partial charge is 0.326 e. The van der Waals surface area contributed by atoms with Crippen molar-refractivity contribution in [3.8, 4) is 0 Å². The Bertz CT molecular complexity index is 462. The molecule has 2 unspecified atom stereocenters. The quantitative estimate of drug-likeness (QED) is 0.650. The molecule has 1 aromatic carbocycles. The molecule has 1 amide bonds. The second kappa shape index (κ2) is 4.68. The lowest BCUT2D eigenvalue weighted by Gasteiger charge is -2.39. The van der Waals surface area contributed by atoms with Crippen molar-refractivity contribution in [2.45, 2.75) is 32.2 Å². The summed E-state index contributed by atoms with van der Waals surface area (Å²) in [5.74, 6) is 0.0395. The molecule has 3 N–H and O–H groups in total. The van der Waals surface area contributed by atoms with Gasteiger partial charge in [-0.25, -0.2) is 10.9 Å². The lowest BCUT2D eigenvalue weighted by molar-refractivity contribution is -0.129. The minimum absolute atomic E-state index is 0.0395. The zero-order chi connectivity index (χ0) is 12.5. The summed E-state index contributed by atoms with van der Waals surface area (Å²) in [7, 11) is 0. The van der Waals surface area contributed by atoms with E-state index in [1.807, 2.05) is 6.92 Å². The first-order valence-corrected chi connectivity index (χ1v) is 6.36. The van der Waals surface area contributed by atoms with Crippen LogP contribution in [-0.4, -0.2) is 29.7 Å². The van der Waals surface area contributed by atoms with Gasteiger partial charge in [-0.2, -0.15) is 0 Å². The number of benzene rings is 1. The van der Waals surface area contributed by atoms with Crippen LogP contribution in [-0.2, 0) is 17.8 Å². The molecule has 0 aromatic heterocycles. The Labute approximate surface area is 107 Å². The summed E-state index contributed by atoms with van der Waals surface area (Å²) < 4.78 is 0. The number of hydrazine groups is 1. The highest BCUT2D eigenvalue weighted by molar-refractivity contribution is 5.82. The number of carbonyl (C=O) groups is 1. The van der Waals surface area contributed by atoms with Gasteiger partial charge in [-0.3, -0.25) is 9.69 Å². The highest BCUT2D eigenvalue weighted by Crippen LogP contribution is 2.19.